The molecule has 0 saturated carbocycles. The summed E-state index contributed by atoms with van der Waals surface area (Å²) >= 11 is 9.76. The Labute approximate surface area is 369 Å². The minimum atomic E-state index is 0.0106. The van der Waals surface area contributed by atoms with Gasteiger partial charge in [0, 0.05) is 85.7 Å². The van der Waals surface area contributed by atoms with Gasteiger partial charge in [0.1, 0.15) is 16.2 Å². The van der Waals surface area contributed by atoms with E-state index in [2.05, 4.69) is 93.6 Å². The molecule has 0 spiro atoms. The van der Waals surface area contributed by atoms with Gasteiger partial charge in [0.25, 0.3) is 0 Å². The molecule has 7 heterocycles. The maximum atomic E-state index is 12.4. The number of carbonyl (C=O) groups excluding carboxylic acids is 4. The van der Waals surface area contributed by atoms with Crippen LogP contribution in [-0.4, -0.2) is 74.6 Å². The van der Waals surface area contributed by atoms with Gasteiger partial charge in [-0.05, 0) is 137 Å². The predicted molar refractivity (Wildman–Crippen MR) is 240 cm³/mol. The lowest BCUT2D eigenvalue weighted by atomic mass is 10.00. The fourth-order valence-electron chi connectivity index (χ4n) is 6.43. The molecule has 59 heavy (non-hydrogen) atoms. The van der Waals surface area contributed by atoms with E-state index in [-0.39, 0.29) is 23.6 Å². The molecule has 0 bridgehead atoms. The molecule has 3 aromatic heterocycles. The number of fused-ring (bicyclic) bond motifs is 2. The highest BCUT2D eigenvalue weighted by atomic mass is 79.9. The van der Waals surface area contributed by atoms with Gasteiger partial charge in [-0.2, -0.15) is 0 Å². The van der Waals surface area contributed by atoms with Crippen molar-refractivity contribution in [3.8, 4) is 0 Å². The normalized spacial score (nSPS) is 15.1. The Morgan fingerprint density at radius 2 is 1.05 bits per heavy atom. The average molecular weight is 985 g/mol. The Morgan fingerprint density at radius 1 is 0.559 bits per heavy atom. The number of rotatable bonds is 5. The summed E-state index contributed by atoms with van der Waals surface area (Å²) in [6.07, 6.45) is 13.0. The molecule has 0 aliphatic carbocycles. The summed E-state index contributed by atoms with van der Waals surface area (Å²) in [6.45, 7) is 7.97. The lowest BCUT2D eigenvalue weighted by Crippen LogP contribution is -2.43. The molecule has 4 aliphatic rings. The number of β-lactam (4-membered cyclic amide) rings is 2. The minimum absolute atomic E-state index is 0.0106. The highest BCUT2D eigenvalue weighted by Crippen LogP contribution is 2.23. The van der Waals surface area contributed by atoms with Gasteiger partial charge < -0.3 is 9.80 Å². The number of anilines is 2. The van der Waals surface area contributed by atoms with Crippen LogP contribution in [0.4, 0.5) is 11.6 Å². The van der Waals surface area contributed by atoms with Crippen LogP contribution in [0, 0.1) is 0 Å². The minimum Gasteiger partial charge on any atom is -0.335 e. The molecule has 2 saturated heterocycles. The second-order valence-corrected chi connectivity index (χ2v) is 16.4. The summed E-state index contributed by atoms with van der Waals surface area (Å²) in [5, 5.41) is 0. The van der Waals surface area contributed by atoms with Crippen LogP contribution in [0.5, 0.6) is 0 Å². The van der Waals surface area contributed by atoms with E-state index in [1.165, 1.54) is 28.3 Å². The van der Waals surface area contributed by atoms with Crippen LogP contribution in [0.3, 0.4) is 0 Å². The Hall–Kier alpha value is -5.31. The molecular weight excluding hydrogens is 942 g/mol. The summed E-state index contributed by atoms with van der Waals surface area (Å²) in [5.41, 5.74) is 6.02. The molecule has 0 N–H and O–H groups in total. The van der Waals surface area contributed by atoms with Crippen LogP contribution >= 0.6 is 47.8 Å². The Bertz CT molecular complexity index is 2280. The molecular formula is C45H42Br3N7O4. The zero-order valence-corrected chi connectivity index (χ0v) is 37.0. The number of nitrogens with zero attached hydrogens (tertiary/aromatic N) is 7. The zero-order valence-electron chi connectivity index (χ0n) is 32.2. The van der Waals surface area contributed by atoms with Crippen molar-refractivity contribution in [3.63, 3.8) is 0 Å². The molecule has 2 fully saturated rings. The molecule has 4 aliphatic heterocycles. The van der Waals surface area contributed by atoms with Gasteiger partial charge >= 0.3 is 0 Å². The fourth-order valence-corrected chi connectivity index (χ4v) is 7.13. The Kier molecular flexibility index (Phi) is 15.5. The average Bonchev–Trinajstić information content (AvgIpc) is 3.26. The van der Waals surface area contributed by atoms with Gasteiger partial charge in [-0.3, -0.25) is 29.0 Å². The number of pyridine rings is 3. The van der Waals surface area contributed by atoms with Crippen molar-refractivity contribution in [1.29, 1.82) is 0 Å². The summed E-state index contributed by atoms with van der Waals surface area (Å²) < 4.78 is 2.79. The third-order valence-corrected chi connectivity index (χ3v) is 11.3. The van der Waals surface area contributed by atoms with Gasteiger partial charge in [-0.25, -0.2) is 15.0 Å². The summed E-state index contributed by atoms with van der Waals surface area (Å²) in [7, 11) is 0. The van der Waals surface area contributed by atoms with Gasteiger partial charge in [0.05, 0.1) is 0 Å². The number of amides is 4. The summed E-state index contributed by atoms with van der Waals surface area (Å²) in [6, 6.07) is 27.8. The second-order valence-electron chi connectivity index (χ2n) is 13.8. The van der Waals surface area contributed by atoms with Crippen LogP contribution < -0.4 is 9.80 Å². The van der Waals surface area contributed by atoms with E-state index in [0.717, 1.165) is 70.5 Å². The first-order valence-corrected chi connectivity index (χ1v) is 21.4. The van der Waals surface area contributed by atoms with Crippen molar-refractivity contribution >= 4 is 89.1 Å². The van der Waals surface area contributed by atoms with E-state index in [9.17, 15) is 19.2 Å². The van der Waals surface area contributed by atoms with Crippen molar-refractivity contribution in [2.75, 3.05) is 36.0 Å². The van der Waals surface area contributed by atoms with Crippen LogP contribution in [0.2, 0.25) is 0 Å². The molecule has 2 aromatic carbocycles. The van der Waals surface area contributed by atoms with Gasteiger partial charge in [0.15, 0.2) is 0 Å². The topological polar surface area (TPSA) is 120 Å². The lowest BCUT2D eigenvalue weighted by molar-refractivity contribution is -0.127. The molecule has 302 valence electrons. The highest BCUT2D eigenvalue weighted by molar-refractivity contribution is 9.11. The van der Waals surface area contributed by atoms with Crippen molar-refractivity contribution in [3.05, 3.63) is 164 Å². The van der Waals surface area contributed by atoms with Crippen LogP contribution in [0.15, 0.2) is 136 Å². The third kappa shape index (κ3) is 12.1. The smallest absolute Gasteiger partial charge is 0.246 e. The van der Waals surface area contributed by atoms with E-state index in [4.69, 9.17) is 0 Å². The summed E-state index contributed by atoms with van der Waals surface area (Å²) in [4.78, 5) is 65.6. The lowest BCUT2D eigenvalue weighted by Gasteiger charge is -2.29. The molecule has 0 unspecified atom stereocenters. The Balaban J connectivity index is 0.000000145. The van der Waals surface area contributed by atoms with E-state index in [1.54, 1.807) is 40.5 Å². The number of hydrogen-bond donors (Lipinski definition) is 0. The van der Waals surface area contributed by atoms with Gasteiger partial charge in [0.2, 0.25) is 23.6 Å². The van der Waals surface area contributed by atoms with Crippen molar-refractivity contribution in [2.24, 2.45) is 0 Å². The maximum absolute atomic E-state index is 12.4. The SMILES string of the molecule is Brc1ccc(Br)nc1.C=CC(=O)N1CCc2ccccc2C1.O=C(/C=C/c1ccc(N2CCC2=O)nc1)N1CCc2ccccc2C1.O=C1CCN1c1ccc(Br)cn1. The monoisotopic (exact) mass is 981 g/mol. The molecule has 11 nitrogen and oxygen atoms in total. The molecule has 0 radical (unpaired) electrons. The number of halogens is 3. The largest absolute Gasteiger partial charge is 0.335 e. The summed E-state index contributed by atoms with van der Waals surface area (Å²) in [5.74, 6) is 1.72. The molecule has 5 aromatic rings. The predicted octanol–water partition coefficient (Wildman–Crippen LogP) is 8.36. The number of aromatic nitrogens is 3. The Morgan fingerprint density at radius 3 is 1.46 bits per heavy atom. The van der Waals surface area contributed by atoms with Gasteiger partial charge in [-0.1, -0.05) is 55.1 Å². The third-order valence-electron chi connectivity index (χ3n) is 9.91. The van der Waals surface area contributed by atoms with Crippen LogP contribution in [0.25, 0.3) is 6.08 Å². The van der Waals surface area contributed by atoms with Crippen molar-refractivity contribution in [1.82, 2.24) is 24.8 Å². The number of hydrogen-bond acceptors (Lipinski definition) is 7. The first kappa shape index (κ1) is 43.3. The molecule has 9 rings (SSSR count). The van der Waals surface area contributed by atoms with Crippen LogP contribution in [0.1, 0.15) is 40.7 Å². The number of carbonyl (C=O) groups is 4. The van der Waals surface area contributed by atoms with Crippen LogP contribution in [-0.2, 0) is 45.1 Å². The number of benzene rings is 2. The van der Waals surface area contributed by atoms with E-state index in [0.29, 0.717) is 25.2 Å². The second kappa shape index (κ2) is 21.1. The standard InChI is InChI=1S/C20H19N3O2.C12H13NO.C8H7BrN2O.C5H3Br2N/c24-19(22-11-9-16-3-1-2-4-17(16)14-22)8-6-15-5-7-18(21-13-15)23-12-10-20(23)25;1-2-12(14)13-8-7-10-5-3-4-6-11(10)9-13;9-6-1-2-7(10-5-6)11-4-3-8(11)12;6-4-1-2-5(7)8-3-4/h1-8,13H,9-12,14H2;2-6H,1,7-9H2;1-2,5H,3-4H2;1-3H/b8-6+;;;. The van der Waals surface area contributed by atoms with Crippen molar-refractivity contribution < 1.29 is 19.2 Å². The van der Waals surface area contributed by atoms with E-state index >= 15 is 0 Å². The first-order chi connectivity index (χ1) is 28.6. The molecule has 14 heteroatoms. The molecule has 0 atom stereocenters. The van der Waals surface area contributed by atoms with Crippen molar-refractivity contribution in [2.45, 2.75) is 38.8 Å². The molecule has 4 amide bonds. The maximum Gasteiger partial charge on any atom is 0.246 e. The van der Waals surface area contributed by atoms with E-state index < -0.39 is 0 Å². The fraction of sp³-hybridized carbons (Fsp3) is 0.222. The highest BCUT2D eigenvalue weighted by Gasteiger charge is 2.27. The quantitative estimate of drug-likeness (QED) is 0.0987. The van der Waals surface area contributed by atoms with Gasteiger partial charge in [-0.15, -0.1) is 0 Å². The zero-order chi connectivity index (χ0) is 41.7. The van der Waals surface area contributed by atoms with E-state index in [1.807, 2.05) is 70.5 Å². The first-order valence-electron chi connectivity index (χ1n) is 19.0.